The summed E-state index contributed by atoms with van der Waals surface area (Å²) in [7, 11) is 0. The Labute approximate surface area is 177 Å². The van der Waals surface area contributed by atoms with Crippen molar-refractivity contribution in [3.63, 3.8) is 0 Å². The van der Waals surface area contributed by atoms with Crippen LogP contribution in [0, 0.1) is 0 Å². The first-order valence-corrected chi connectivity index (χ1v) is 10.3. The summed E-state index contributed by atoms with van der Waals surface area (Å²) in [6, 6.07) is 6.32. The van der Waals surface area contributed by atoms with Gasteiger partial charge in [0.1, 0.15) is 10.8 Å². The van der Waals surface area contributed by atoms with Crippen LogP contribution in [0.1, 0.15) is 50.9 Å². The van der Waals surface area contributed by atoms with Crippen molar-refractivity contribution >= 4 is 39.9 Å². The lowest BCUT2D eigenvalue weighted by Crippen LogP contribution is -2.24. The van der Waals surface area contributed by atoms with Crippen molar-refractivity contribution < 1.29 is 28.7 Å². The summed E-state index contributed by atoms with van der Waals surface area (Å²) in [6.45, 7) is 0.564. The van der Waals surface area contributed by atoms with Crippen molar-refractivity contribution in [2.75, 3.05) is 18.5 Å². The molecule has 0 fully saturated rings. The number of ether oxygens (including phenoxy) is 2. The molecule has 9 heteroatoms. The highest BCUT2D eigenvalue weighted by molar-refractivity contribution is 7.17. The molecule has 8 nitrogen and oxygen atoms in total. The van der Waals surface area contributed by atoms with Crippen LogP contribution < -0.4 is 15.8 Å². The Morgan fingerprint density at radius 1 is 1.07 bits per heavy atom. The smallest absolute Gasteiger partial charge is 0.344 e. The molecule has 1 aromatic heterocycles. The van der Waals surface area contributed by atoms with Crippen LogP contribution in [0.25, 0.3) is 0 Å². The van der Waals surface area contributed by atoms with Gasteiger partial charge in [0.15, 0.2) is 19.0 Å². The largest absolute Gasteiger partial charge is 0.482 e. The minimum atomic E-state index is -0.721. The first kappa shape index (κ1) is 21.5. The summed E-state index contributed by atoms with van der Waals surface area (Å²) in [5.74, 6) is -1.53. The summed E-state index contributed by atoms with van der Waals surface area (Å²) in [6.07, 6.45) is 3.64. The predicted octanol–water partition coefficient (Wildman–Crippen LogP) is 2.49. The lowest BCUT2D eigenvalue weighted by molar-refractivity contribution is -0.149. The molecule has 158 valence electrons. The topological polar surface area (TPSA) is 125 Å². The first-order chi connectivity index (χ1) is 14.3. The molecule has 2 amide bonds. The van der Waals surface area contributed by atoms with Crippen LogP contribution in [-0.2, 0) is 27.2 Å². The van der Waals surface area contributed by atoms with Gasteiger partial charge in [-0.25, -0.2) is 4.79 Å². The number of benzene rings is 1. The molecule has 1 aromatic carbocycles. The summed E-state index contributed by atoms with van der Waals surface area (Å²) in [4.78, 5) is 48.1. The normalized spacial score (nSPS) is 12.6. The molecule has 0 spiro atoms. The van der Waals surface area contributed by atoms with Crippen LogP contribution in [0.5, 0.6) is 5.75 Å². The molecule has 1 heterocycles. The summed E-state index contributed by atoms with van der Waals surface area (Å²) >= 11 is 1.34. The zero-order chi connectivity index (χ0) is 21.7. The van der Waals surface area contributed by atoms with Crippen molar-refractivity contribution in [2.45, 2.75) is 32.6 Å². The van der Waals surface area contributed by atoms with E-state index in [1.165, 1.54) is 18.3 Å². The van der Waals surface area contributed by atoms with E-state index < -0.39 is 24.4 Å². The van der Waals surface area contributed by atoms with Gasteiger partial charge in [-0.3, -0.25) is 14.4 Å². The molecule has 0 saturated heterocycles. The Balaban J connectivity index is 1.50. The number of esters is 1. The number of thiophene rings is 1. The minimum absolute atomic E-state index is 0.0712. The number of hydrogen-bond acceptors (Lipinski definition) is 7. The maximum absolute atomic E-state index is 12.2. The van der Waals surface area contributed by atoms with Crippen molar-refractivity contribution in [3.8, 4) is 5.75 Å². The Morgan fingerprint density at radius 2 is 1.77 bits per heavy atom. The fraction of sp³-hybridized carbons (Fsp3) is 0.333. The van der Waals surface area contributed by atoms with Crippen molar-refractivity contribution in [1.29, 1.82) is 0 Å². The molecular weight excluding hydrogens is 408 g/mol. The average molecular weight is 430 g/mol. The van der Waals surface area contributed by atoms with E-state index >= 15 is 0 Å². The highest BCUT2D eigenvalue weighted by Crippen LogP contribution is 2.37. The van der Waals surface area contributed by atoms with E-state index in [1.807, 2.05) is 0 Å². The molecule has 30 heavy (non-hydrogen) atoms. The summed E-state index contributed by atoms with van der Waals surface area (Å²) in [5, 5.41) is 3.02. The third-order valence-electron chi connectivity index (χ3n) is 4.65. The molecule has 3 rings (SSSR count). The number of nitrogens with one attached hydrogen (secondary N) is 1. The number of hydrogen-bond donors (Lipinski definition) is 2. The van der Waals surface area contributed by atoms with Crippen LogP contribution in [0.4, 0.5) is 5.00 Å². The number of primary amides is 1. The van der Waals surface area contributed by atoms with Crippen molar-refractivity contribution in [2.24, 2.45) is 5.73 Å². The van der Waals surface area contributed by atoms with E-state index in [4.69, 9.17) is 15.2 Å². The Hall–Kier alpha value is -3.20. The Bertz CT molecular complexity index is 980. The Kier molecular flexibility index (Phi) is 6.83. The number of anilines is 1. The monoisotopic (exact) mass is 430 g/mol. The number of ketones is 1. The van der Waals surface area contributed by atoms with E-state index in [1.54, 1.807) is 24.3 Å². The standard InChI is InChI=1S/C21H22N2O6S/c1-12(24)13-6-8-14(9-7-13)28-11-18(26)29-10-17(25)23-21-19(20(22)27)15-4-2-3-5-16(15)30-21/h6-9H,2-5,10-11H2,1H3,(H2,22,27)(H,23,25). The van der Waals surface area contributed by atoms with Gasteiger partial charge in [-0.1, -0.05) is 0 Å². The quantitative estimate of drug-likeness (QED) is 0.490. The van der Waals surface area contributed by atoms with E-state index in [2.05, 4.69) is 5.32 Å². The van der Waals surface area contributed by atoms with Gasteiger partial charge in [-0.05, 0) is 62.4 Å². The van der Waals surface area contributed by atoms with Crippen molar-refractivity contribution in [3.05, 3.63) is 45.8 Å². The SMILES string of the molecule is CC(=O)c1ccc(OCC(=O)OCC(=O)Nc2sc3c(c2C(N)=O)CCCC3)cc1. The molecule has 0 bridgehead atoms. The molecule has 1 aliphatic rings. The summed E-state index contributed by atoms with van der Waals surface area (Å²) < 4.78 is 10.2. The van der Waals surface area contributed by atoms with Crippen LogP contribution >= 0.6 is 11.3 Å². The molecule has 0 radical (unpaired) electrons. The number of aryl methyl sites for hydroxylation is 1. The zero-order valence-corrected chi connectivity index (χ0v) is 17.3. The second kappa shape index (κ2) is 9.53. The Morgan fingerprint density at radius 3 is 2.43 bits per heavy atom. The molecule has 0 saturated carbocycles. The number of nitrogens with two attached hydrogens (primary N) is 1. The maximum Gasteiger partial charge on any atom is 0.344 e. The van der Waals surface area contributed by atoms with E-state index in [-0.39, 0.29) is 12.4 Å². The highest BCUT2D eigenvalue weighted by atomic mass is 32.1. The third kappa shape index (κ3) is 5.24. The van der Waals surface area contributed by atoms with Gasteiger partial charge in [-0.15, -0.1) is 11.3 Å². The number of rotatable bonds is 8. The molecule has 0 atom stereocenters. The predicted molar refractivity (Wildman–Crippen MR) is 111 cm³/mol. The average Bonchev–Trinajstić information content (AvgIpc) is 3.08. The van der Waals surface area contributed by atoms with E-state index in [0.29, 0.717) is 21.9 Å². The third-order valence-corrected chi connectivity index (χ3v) is 5.86. The minimum Gasteiger partial charge on any atom is -0.482 e. The maximum atomic E-state index is 12.2. The molecule has 0 aliphatic heterocycles. The molecule has 0 unspecified atom stereocenters. The van der Waals surface area contributed by atoms with Crippen molar-refractivity contribution in [1.82, 2.24) is 0 Å². The lowest BCUT2D eigenvalue weighted by atomic mass is 9.95. The molecular formula is C21H22N2O6S. The van der Waals surface area contributed by atoms with Crippen LogP contribution in [0.15, 0.2) is 24.3 Å². The van der Waals surface area contributed by atoms with Gasteiger partial charge in [0.05, 0.1) is 5.56 Å². The zero-order valence-electron chi connectivity index (χ0n) is 16.5. The van der Waals surface area contributed by atoms with E-state index in [9.17, 15) is 19.2 Å². The number of Topliss-reactive ketones (excluding diaryl/α,β-unsaturated/α-hetero) is 1. The number of carbonyl (C=O) groups is 4. The lowest BCUT2D eigenvalue weighted by Gasteiger charge is -2.11. The van der Waals surface area contributed by atoms with Gasteiger partial charge >= 0.3 is 5.97 Å². The number of fused-ring (bicyclic) bond motifs is 1. The fourth-order valence-electron chi connectivity index (χ4n) is 3.19. The molecule has 2 aromatic rings. The number of amides is 2. The van der Waals surface area contributed by atoms with Gasteiger partial charge in [-0.2, -0.15) is 0 Å². The van der Waals surface area contributed by atoms with Crippen LogP contribution in [0.3, 0.4) is 0 Å². The number of carbonyl (C=O) groups excluding carboxylic acids is 4. The summed E-state index contributed by atoms with van der Waals surface area (Å²) in [5.41, 5.74) is 7.30. The fourth-order valence-corrected chi connectivity index (χ4v) is 4.50. The van der Waals surface area contributed by atoms with Gasteiger partial charge in [0, 0.05) is 10.4 Å². The van der Waals surface area contributed by atoms with E-state index in [0.717, 1.165) is 36.1 Å². The first-order valence-electron chi connectivity index (χ1n) is 9.48. The van der Waals surface area contributed by atoms with Gasteiger partial charge in [0.2, 0.25) is 0 Å². The van der Waals surface area contributed by atoms with Gasteiger partial charge in [0.25, 0.3) is 11.8 Å². The second-order valence-corrected chi connectivity index (χ2v) is 7.96. The highest BCUT2D eigenvalue weighted by Gasteiger charge is 2.25. The second-order valence-electron chi connectivity index (χ2n) is 6.86. The molecule has 1 aliphatic carbocycles. The van der Waals surface area contributed by atoms with Gasteiger partial charge < -0.3 is 20.5 Å². The van der Waals surface area contributed by atoms with Crippen LogP contribution in [-0.4, -0.2) is 36.8 Å². The van der Waals surface area contributed by atoms with Crippen LogP contribution in [0.2, 0.25) is 0 Å². The molecule has 3 N–H and O–H groups in total.